The molecule has 2 rings (SSSR count). The number of thioether (sulfide) groups is 1. The van der Waals surface area contributed by atoms with E-state index in [-0.39, 0.29) is 17.4 Å². The van der Waals surface area contributed by atoms with Gasteiger partial charge in [-0.1, -0.05) is 11.8 Å². The number of nitrogens with zero attached hydrogens (tertiary/aromatic N) is 4. The van der Waals surface area contributed by atoms with E-state index >= 15 is 0 Å². The molecule has 0 saturated heterocycles. The van der Waals surface area contributed by atoms with Gasteiger partial charge in [0.15, 0.2) is 11.0 Å². The summed E-state index contributed by atoms with van der Waals surface area (Å²) >= 11 is 1.09. The largest absolute Gasteiger partial charge is 0.481 e. The molecule has 0 unspecified atom stereocenters. The lowest BCUT2D eigenvalue weighted by molar-refractivity contribution is -0.133. The van der Waals surface area contributed by atoms with Gasteiger partial charge in [-0.25, -0.2) is 5.10 Å². The van der Waals surface area contributed by atoms with Crippen molar-refractivity contribution in [2.45, 2.75) is 25.0 Å². The second kappa shape index (κ2) is 5.87. The number of aromatic nitrogens is 5. The number of aromatic amines is 1. The number of hydrogen-bond donors (Lipinski definition) is 2. The lowest BCUT2D eigenvalue weighted by Gasteiger charge is -2.12. The predicted octanol–water partition coefficient (Wildman–Crippen LogP) is 0.786. The van der Waals surface area contributed by atoms with Crippen LogP contribution in [0.25, 0.3) is 11.5 Å². The van der Waals surface area contributed by atoms with Crippen LogP contribution < -0.4 is 5.56 Å². The van der Waals surface area contributed by atoms with Crippen molar-refractivity contribution in [2.75, 3.05) is 5.75 Å². The average Bonchev–Trinajstić information content (AvgIpc) is 2.81. The Labute approximate surface area is 118 Å². The maximum Gasteiger partial charge on any atom is 0.313 e. The number of rotatable bonds is 5. The monoisotopic (exact) mass is 295 g/mol. The van der Waals surface area contributed by atoms with E-state index in [0.717, 1.165) is 11.8 Å². The first-order valence-corrected chi connectivity index (χ1v) is 6.83. The van der Waals surface area contributed by atoms with Crippen LogP contribution in [-0.2, 0) is 4.79 Å². The molecule has 2 aromatic heterocycles. The van der Waals surface area contributed by atoms with Gasteiger partial charge in [0.25, 0.3) is 5.56 Å². The van der Waals surface area contributed by atoms with Gasteiger partial charge in [-0.15, -0.1) is 10.2 Å². The molecular formula is C11H13N5O3S. The van der Waals surface area contributed by atoms with Crippen molar-refractivity contribution in [3.05, 3.63) is 22.5 Å². The van der Waals surface area contributed by atoms with Crippen LogP contribution in [0.2, 0.25) is 0 Å². The zero-order valence-corrected chi connectivity index (χ0v) is 11.7. The Balaban J connectivity index is 2.41. The van der Waals surface area contributed by atoms with Crippen LogP contribution >= 0.6 is 11.8 Å². The molecule has 0 fully saturated rings. The molecule has 0 aromatic carbocycles. The molecule has 0 atom stereocenters. The molecule has 0 aliphatic rings. The molecule has 106 valence electrons. The number of carboxylic acids is 1. The zero-order valence-electron chi connectivity index (χ0n) is 10.9. The summed E-state index contributed by atoms with van der Waals surface area (Å²) in [4.78, 5) is 21.7. The van der Waals surface area contributed by atoms with Gasteiger partial charge in [0, 0.05) is 12.1 Å². The van der Waals surface area contributed by atoms with Gasteiger partial charge < -0.3 is 5.11 Å². The summed E-state index contributed by atoms with van der Waals surface area (Å²) in [5.41, 5.74) is 0.179. The Morgan fingerprint density at radius 1 is 1.45 bits per heavy atom. The fraction of sp³-hybridized carbons (Fsp3) is 0.364. The van der Waals surface area contributed by atoms with Crippen molar-refractivity contribution in [1.82, 2.24) is 25.0 Å². The topological polar surface area (TPSA) is 114 Å². The first kappa shape index (κ1) is 14.3. The summed E-state index contributed by atoms with van der Waals surface area (Å²) in [6, 6.07) is 2.93. The Kier molecular flexibility index (Phi) is 4.18. The van der Waals surface area contributed by atoms with Crippen LogP contribution in [0.4, 0.5) is 0 Å². The molecule has 0 amide bonds. The van der Waals surface area contributed by atoms with Crippen LogP contribution in [0.3, 0.4) is 0 Å². The standard InChI is InChI=1S/C11H13N5O3S/c1-6(2)16-10(7-3-4-8(17)13-12-7)14-15-11(16)20-5-9(18)19/h3-4,6H,5H2,1-2H3,(H,13,17)(H,18,19). The first-order valence-electron chi connectivity index (χ1n) is 5.84. The van der Waals surface area contributed by atoms with E-state index in [1.807, 2.05) is 13.8 Å². The van der Waals surface area contributed by atoms with Crippen molar-refractivity contribution in [3.8, 4) is 11.5 Å². The van der Waals surface area contributed by atoms with E-state index in [1.165, 1.54) is 6.07 Å². The number of H-pyrrole nitrogens is 1. The molecule has 2 aromatic rings. The second-order valence-corrected chi connectivity index (χ2v) is 5.20. The fourth-order valence-corrected chi connectivity index (χ4v) is 2.40. The number of nitrogens with one attached hydrogen (secondary N) is 1. The number of carboxylic acid groups (broad SMARTS) is 1. The highest BCUT2D eigenvalue weighted by molar-refractivity contribution is 7.99. The molecule has 9 heteroatoms. The molecule has 0 radical (unpaired) electrons. The van der Waals surface area contributed by atoms with Crippen molar-refractivity contribution < 1.29 is 9.90 Å². The molecule has 0 aliphatic heterocycles. The lowest BCUT2D eigenvalue weighted by atomic mass is 10.3. The normalized spacial score (nSPS) is 10.9. The molecule has 20 heavy (non-hydrogen) atoms. The average molecular weight is 295 g/mol. The highest BCUT2D eigenvalue weighted by atomic mass is 32.2. The summed E-state index contributed by atoms with van der Waals surface area (Å²) in [5, 5.41) is 23.5. The molecule has 0 saturated carbocycles. The van der Waals surface area contributed by atoms with Crippen molar-refractivity contribution >= 4 is 17.7 Å². The summed E-state index contributed by atoms with van der Waals surface area (Å²) in [6.45, 7) is 3.87. The van der Waals surface area contributed by atoms with Crippen LogP contribution in [-0.4, -0.2) is 41.8 Å². The van der Waals surface area contributed by atoms with E-state index in [2.05, 4.69) is 20.4 Å². The third kappa shape index (κ3) is 3.05. The van der Waals surface area contributed by atoms with Crippen LogP contribution in [0, 0.1) is 0 Å². The number of carbonyl (C=O) groups is 1. The van der Waals surface area contributed by atoms with Crippen molar-refractivity contribution in [3.63, 3.8) is 0 Å². The molecular weight excluding hydrogens is 282 g/mol. The lowest BCUT2D eigenvalue weighted by Crippen LogP contribution is -2.10. The minimum Gasteiger partial charge on any atom is -0.481 e. The summed E-state index contributed by atoms with van der Waals surface area (Å²) in [5.74, 6) is -0.523. The van der Waals surface area contributed by atoms with Crippen LogP contribution in [0.1, 0.15) is 19.9 Å². The molecule has 2 heterocycles. The summed E-state index contributed by atoms with van der Waals surface area (Å²) < 4.78 is 1.79. The Bertz CT molecular complexity index is 658. The second-order valence-electron chi connectivity index (χ2n) is 4.26. The van der Waals surface area contributed by atoms with E-state index in [0.29, 0.717) is 16.7 Å². The van der Waals surface area contributed by atoms with E-state index in [4.69, 9.17) is 5.11 Å². The Morgan fingerprint density at radius 2 is 2.20 bits per heavy atom. The van der Waals surface area contributed by atoms with Crippen molar-refractivity contribution in [1.29, 1.82) is 0 Å². The summed E-state index contributed by atoms with van der Waals surface area (Å²) in [7, 11) is 0. The quantitative estimate of drug-likeness (QED) is 0.783. The zero-order chi connectivity index (χ0) is 14.7. The third-order valence-electron chi connectivity index (χ3n) is 2.41. The SMILES string of the molecule is CC(C)n1c(SCC(=O)O)nnc1-c1ccc(=O)[nH]n1. The Morgan fingerprint density at radius 3 is 2.75 bits per heavy atom. The number of aliphatic carboxylic acids is 1. The van der Waals surface area contributed by atoms with E-state index in [9.17, 15) is 9.59 Å². The van der Waals surface area contributed by atoms with Crippen LogP contribution in [0.15, 0.2) is 22.1 Å². The van der Waals surface area contributed by atoms with Gasteiger partial charge in [-0.3, -0.25) is 14.2 Å². The Hall–Kier alpha value is -2.16. The maximum absolute atomic E-state index is 11.0. The van der Waals surface area contributed by atoms with E-state index in [1.54, 1.807) is 10.6 Å². The third-order valence-corrected chi connectivity index (χ3v) is 3.34. The smallest absolute Gasteiger partial charge is 0.313 e. The van der Waals surface area contributed by atoms with Gasteiger partial charge in [0.05, 0.1) is 5.75 Å². The minimum atomic E-state index is -0.919. The first-order chi connectivity index (χ1) is 9.49. The molecule has 2 N–H and O–H groups in total. The van der Waals surface area contributed by atoms with Gasteiger partial charge in [0.1, 0.15) is 5.69 Å². The highest BCUT2D eigenvalue weighted by Gasteiger charge is 2.18. The van der Waals surface area contributed by atoms with Gasteiger partial charge in [-0.2, -0.15) is 5.10 Å². The van der Waals surface area contributed by atoms with Crippen molar-refractivity contribution in [2.24, 2.45) is 0 Å². The highest BCUT2D eigenvalue weighted by Crippen LogP contribution is 2.25. The molecule has 0 aliphatic carbocycles. The molecule has 0 bridgehead atoms. The predicted molar refractivity (Wildman–Crippen MR) is 72.6 cm³/mol. The van der Waals surface area contributed by atoms with Gasteiger partial charge in [0.2, 0.25) is 0 Å². The van der Waals surface area contributed by atoms with Gasteiger partial charge >= 0.3 is 5.97 Å². The van der Waals surface area contributed by atoms with Gasteiger partial charge in [-0.05, 0) is 19.9 Å². The molecule has 8 nitrogen and oxygen atoms in total. The minimum absolute atomic E-state index is 0.0324. The number of hydrogen-bond acceptors (Lipinski definition) is 6. The maximum atomic E-state index is 11.0. The summed E-state index contributed by atoms with van der Waals surface area (Å²) in [6.07, 6.45) is 0. The molecule has 0 spiro atoms. The fourth-order valence-electron chi connectivity index (χ4n) is 1.61. The van der Waals surface area contributed by atoms with Crippen LogP contribution in [0.5, 0.6) is 0 Å². The van der Waals surface area contributed by atoms with E-state index < -0.39 is 5.97 Å².